The maximum atomic E-state index is 13.4. The molecule has 0 atom stereocenters. The van der Waals surface area contributed by atoms with Gasteiger partial charge in [0, 0.05) is 17.0 Å². The Morgan fingerprint density at radius 2 is 1.76 bits per heavy atom. The van der Waals surface area contributed by atoms with E-state index in [-0.39, 0.29) is 62.2 Å². The molecule has 38 heavy (non-hydrogen) atoms. The third kappa shape index (κ3) is 6.13. The zero-order valence-corrected chi connectivity index (χ0v) is 24.6. The summed E-state index contributed by atoms with van der Waals surface area (Å²) in [6.07, 6.45) is 0. The summed E-state index contributed by atoms with van der Waals surface area (Å²) in [7, 11) is -3.28. The number of azo groups is 1. The number of fused-ring (bicyclic) bond motifs is 1. The fraction of sp³-hybridized carbons (Fsp3) is 0.0800. The van der Waals surface area contributed by atoms with Gasteiger partial charge >= 0.3 is 29.6 Å². The number of halogens is 2. The summed E-state index contributed by atoms with van der Waals surface area (Å²) in [6.45, 7) is 1.55. The third-order valence-electron chi connectivity index (χ3n) is 5.43. The molecule has 190 valence electrons. The first kappa shape index (κ1) is 29.9. The van der Waals surface area contributed by atoms with Gasteiger partial charge < -0.3 is 15.2 Å². The minimum atomic E-state index is -4.76. The maximum Gasteiger partial charge on any atom is 1.00 e. The Balaban J connectivity index is 0.00000400. The van der Waals surface area contributed by atoms with Crippen molar-refractivity contribution in [2.24, 2.45) is 10.2 Å². The molecule has 0 fully saturated rings. The van der Waals surface area contributed by atoms with E-state index < -0.39 is 26.7 Å². The van der Waals surface area contributed by atoms with E-state index in [1.807, 2.05) is 0 Å². The van der Waals surface area contributed by atoms with Crippen molar-refractivity contribution in [1.29, 1.82) is 0 Å². The van der Waals surface area contributed by atoms with E-state index in [0.29, 0.717) is 22.1 Å². The van der Waals surface area contributed by atoms with Crippen LogP contribution < -0.4 is 44.7 Å². The van der Waals surface area contributed by atoms with E-state index >= 15 is 0 Å². The van der Waals surface area contributed by atoms with Gasteiger partial charge in [-0.15, -0.1) is 5.11 Å². The summed E-state index contributed by atoms with van der Waals surface area (Å²) in [5.74, 6) is -1.01. The number of hydrogen-bond donors (Lipinski definition) is 2. The van der Waals surface area contributed by atoms with Crippen molar-refractivity contribution in [3.05, 3.63) is 81.8 Å². The molecular formula is C25H18Cl2N3NaO6S. The number of aryl methyl sites for hydroxylation is 1. The number of amides is 1. The van der Waals surface area contributed by atoms with Gasteiger partial charge in [-0.25, -0.2) is 0 Å². The van der Waals surface area contributed by atoms with Gasteiger partial charge in [0.15, 0.2) is 0 Å². The van der Waals surface area contributed by atoms with Gasteiger partial charge in [0.1, 0.15) is 16.3 Å². The van der Waals surface area contributed by atoms with Crippen molar-refractivity contribution in [2.75, 3.05) is 12.4 Å². The molecule has 9 nitrogen and oxygen atoms in total. The van der Waals surface area contributed by atoms with Gasteiger partial charge in [-0.3, -0.25) is 9.35 Å². The van der Waals surface area contributed by atoms with Crippen LogP contribution in [0, 0.1) is 6.92 Å². The fourth-order valence-electron chi connectivity index (χ4n) is 3.56. The second-order valence-corrected chi connectivity index (χ2v) is 9.99. The zero-order valence-electron chi connectivity index (χ0n) is 20.3. The van der Waals surface area contributed by atoms with Crippen LogP contribution in [0.15, 0.2) is 75.8 Å². The van der Waals surface area contributed by atoms with Gasteiger partial charge in [0.2, 0.25) is 0 Å². The smallest absolute Gasteiger partial charge is 0.870 e. The van der Waals surface area contributed by atoms with Crippen LogP contribution in [0.4, 0.5) is 17.1 Å². The van der Waals surface area contributed by atoms with Crippen molar-refractivity contribution in [3.8, 4) is 11.5 Å². The Morgan fingerprint density at radius 1 is 1.05 bits per heavy atom. The SMILES string of the molecule is COc1ccc(NC(=O)c2cc3ccccc3c(N=Nc3ccc(C)c(Cl)c3S(=O)(=O)O)c2[O-])c(Cl)c1.[Na+]. The Kier molecular flexibility index (Phi) is 9.43. The molecule has 4 aromatic rings. The van der Waals surface area contributed by atoms with Crippen LogP contribution >= 0.6 is 23.2 Å². The van der Waals surface area contributed by atoms with Crippen LogP contribution in [0.25, 0.3) is 10.8 Å². The molecule has 4 rings (SSSR count). The topological polar surface area (TPSA) is 140 Å². The molecule has 0 aromatic heterocycles. The molecule has 0 radical (unpaired) electrons. The normalized spacial score (nSPS) is 11.4. The molecule has 13 heteroatoms. The summed E-state index contributed by atoms with van der Waals surface area (Å²) < 4.78 is 38.6. The second-order valence-electron chi connectivity index (χ2n) is 7.84. The molecule has 0 aliphatic heterocycles. The summed E-state index contributed by atoms with van der Waals surface area (Å²) in [6, 6.07) is 15.5. The number of nitrogens with zero attached hydrogens (tertiary/aromatic N) is 2. The Morgan fingerprint density at radius 3 is 2.42 bits per heavy atom. The average molecular weight is 582 g/mol. The minimum absolute atomic E-state index is 0. The van der Waals surface area contributed by atoms with Gasteiger partial charge in [-0.1, -0.05) is 59.3 Å². The number of carbonyl (C=O) groups excluding carboxylic acids is 1. The first-order chi connectivity index (χ1) is 17.5. The Bertz CT molecular complexity index is 1700. The van der Waals surface area contributed by atoms with E-state index in [1.54, 1.807) is 37.3 Å². The summed E-state index contributed by atoms with van der Waals surface area (Å²) in [5.41, 5.74) is -0.0747. The van der Waals surface area contributed by atoms with Gasteiger partial charge in [-0.2, -0.15) is 13.5 Å². The Labute approximate surface area is 250 Å². The van der Waals surface area contributed by atoms with Crippen molar-refractivity contribution >= 4 is 67.1 Å². The molecule has 1 amide bonds. The maximum absolute atomic E-state index is 13.4. The first-order valence-electron chi connectivity index (χ1n) is 10.6. The molecule has 4 aromatic carbocycles. The van der Waals surface area contributed by atoms with Crippen LogP contribution in [0.5, 0.6) is 11.5 Å². The van der Waals surface area contributed by atoms with Crippen LogP contribution in [-0.2, 0) is 10.1 Å². The summed E-state index contributed by atoms with van der Waals surface area (Å²) in [4.78, 5) is 12.4. The van der Waals surface area contributed by atoms with Crippen molar-refractivity contribution in [1.82, 2.24) is 0 Å². The number of rotatable bonds is 6. The third-order valence-corrected chi connectivity index (χ3v) is 7.27. The van der Waals surface area contributed by atoms with Gasteiger partial charge in [0.05, 0.1) is 28.5 Å². The van der Waals surface area contributed by atoms with Crippen LogP contribution in [0.3, 0.4) is 0 Å². The second kappa shape index (κ2) is 12.0. The fourth-order valence-corrected chi connectivity index (χ4v) is 4.99. The number of anilines is 1. The first-order valence-corrected chi connectivity index (χ1v) is 12.8. The van der Waals surface area contributed by atoms with Crippen LogP contribution in [0.2, 0.25) is 10.0 Å². The minimum Gasteiger partial charge on any atom is -0.870 e. The molecule has 2 N–H and O–H groups in total. The largest absolute Gasteiger partial charge is 1.00 e. The summed E-state index contributed by atoms with van der Waals surface area (Å²) in [5, 5.41) is 24.7. The van der Waals surface area contributed by atoms with E-state index in [4.69, 9.17) is 27.9 Å². The molecule has 0 unspecified atom stereocenters. The predicted octanol–water partition coefficient (Wildman–Crippen LogP) is 3.46. The molecule has 0 saturated heterocycles. The quantitative estimate of drug-likeness (QED) is 0.203. The molecule has 0 aliphatic rings. The number of hydrogen-bond acceptors (Lipinski definition) is 7. The molecule has 0 spiro atoms. The summed E-state index contributed by atoms with van der Waals surface area (Å²) >= 11 is 12.3. The van der Waals surface area contributed by atoms with Crippen molar-refractivity contribution in [2.45, 2.75) is 11.8 Å². The van der Waals surface area contributed by atoms with E-state index in [2.05, 4.69) is 15.5 Å². The van der Waals surface area contributed by atoms with Gasteiger partial charge in [0.25, 0.3) is 16.0 Å². The number of ether oxygens (including phenoxy) is 1. The molecule has 0 bridgehead atoms. The Hall–Kier alpha value is -2.70. The number of benzene rings is 4. The van der Waals surface area contributed by atoms with E-state index in [9.17, 15) is 22.9 Å². The average Bonchev–Trinajstić information content (AvgIpc) is 2.85. The standard InChI is InChI=1S/C25H19Cl2N3O6S.Na/c1-13-7-9-20(24(21(13)27)37(33,34)35)29-30-22-16-6-4-3-5-14(16)11-17(23(22)31)25(32)28-19-10-8-15(36-2)12-18(19)26;/h3-12,31H,1-2H3,(H,28,32)(H,33,34,35);/q;+1/p-1. The molecule has 0 aliphatic carbocycles. The van der Waals surface area contributed by atoms with Crippen molar-refractivity contribution < 1.29 is 57.2 Å². The zero-order chi connectivity index (χ0) is 26.9. The molecule has 0 saturated carbocycles. The number of carbonyl (C=O) groups is 1. The number of methoxy groups -OCH3 is 1. The molecule has 0 heterocycles. The van der Waals surface area contributed by atoms with E-state index in [1.165, 1.54) is 37.4 Å². The number of nitrogens with one attached hydrogen (secondary N) is 1. The van der Waals surface area contributed by atoms with E-state index in [0.717, 1.165) is 0 Å². The van der Waals surface area contributed by atoms with Crippen molar-refractivity contribution in [3.63, 3.8) is 0 Å². The van der Waals surface area contributed by atoms with Crippen LogP contribution in [-0.4, -0.2) is 26.0 Å². The van der Waals surface area contributed by atoms with Crippen LogP contribution in [0.1, 0.15) is 15.9 Å². The van der Waals surface area contributed by atoms with Gasteiger partial charge in [-0.05, 0) is 42.1 Å². The molecular weight excluding hydrogens is 564 g/mol. The predicted molar refractivity (Wildman–Crippen MR) is 140 cm³/mol. The monoisotopic (exact) mass is 581 g/mol.